The van der Waals surface area contributed by atoms with Gasteiger partial charge >= 0.3 is 5.97 Å². The summed E-state index contributed by atoms with van der Waals surface area (Å²) in [5.41, 5.74) is 1.33. The van der Waals surface area contributed by atoms with E-state index in [-0.39, 0.29) is 11.3 Å². The molecule has 0 spiro atoms. The molecule has 0 unspecified atom stereocenters. The highest BCUT2D eigenvalue weighted by atomic mass is 35.5. The molecule has 8 heteroatoms. The van der Waals surface area contributed by atoms with Gasteiger partial charge in [0, 0.05) is 17.0 Å². The first-order valence-electron chi connectivity index (χ1n) is 7.68. The highest BCUT2D eigenvalue weighted by Gasteiger charge is 2.19. The van der Waals surface area contributed by atoms with E-state index in [1.165, 1.54) is 31.2 Å². The summed E-state index contributed by atoms with van der Waals surface area (Å²) in [7, 11) is -3.15. The molecule has 138 valence electrons. The van der Waals surface area contributed by atoms with E-state index in [1.807, 2.05) is 0 Å². The molecule has 0 aliphatic rings. The van der Waals surface area contributed by atoms with Gasteiger partial charge in [-0.15, -0.1) is 0 Å². The summed E-state index contributed by atoms with van der Waals surface area (Å²) >= 11 is 5.78. The van der Waals surface area contributed by atoms with E-state index < -0.39 is 27.8 Å². The number of anilines is 1. The van der Waals surface area contributed by atoms with Crippen LogP contribution in [-0.2, 0) is 25.1 Å². The van der Waals surface area contributed by atoms with Gasteiger partial charge in [0.1, 0.15) is 0 Å². The molecule has 6 nitrogen and oxygen atoms in total. The van der Waals surface area contributed by atoms with Crippen LogP contribution in [0.25, 0.3) is 0 Å². The molecule has 0 bridgehead atoms. The molecule has 0 fully saturated rings. The summed E-state index contributed by atoms with van der Waals surface area (Å²) in [5.74, 6) is -1.26. The van der Waals surface area contributed by atoms with E-state index in [1.54, 1.807) is 24.3 Å². The fourth-order valence-corrected chi connectivity index (χ4v) is 3.02. The lowest BCUT2D eigenvalue weighted by molar-refractivity contribution is -0.123. The van der Waals surface area contributed by atoms with Crippen molar-refractivity contribution in [3.8, 4) is 0 Å². The summed E-state index contributed by atoms with van der Waals surface area (Å²) in [6, 6.07) is 12.5. The molecule has 1 amide bonds. The van der Waals surface area contributed by atoms with Crippen LogP contribution in [-0.4, -0.2) is 32.7 Å². The number of carbonyl (C=O) groups is 2. The number of amides is 1. The van der Waals surface area contributed by atoms with E-state index in [0.717, 1.165) is 6.26 Å². The van der Waals surface area contributed by atoms with Crippen LogP contribution < -0.4 is 5.32 Å². The molecular weight excluding hydrogens is 378 g/mol. The van der Waals surface area contributed by atoms with Crippen molar-refractivity contribution in [1.29, 1.82) is 0 Å². The maximum atomic E-state index is 12.1. The van der Waals surface area contributed by atoms with Crippen LogP contribution in [0.4, 0.5) is 5.69 Å². The van der Waals surface area contributed by atoms with Gasteiger partial charge in [-0.3, -0.25) is 4.79 Å². The monoisotopic (exact) mass is 395 g/mol. The molecular formula is C18H18ClNO5S. The number of sulfone groups is 1. The van der Waals surface area contributed by atoms with Crippen molar-refractivity contribution in [3.63, 3.8) is 0 Å². The maximum absolute atomic E-state index is 12.1. The van der Waals surface area contributed by atoms with Crippen molar-refractivity contribution in [1.82, 2.24) is 0 Å². The highest BCUT2D eigenvalue weighted by molar-refractivity contribution is 7.89. The van der Waals surface area contributed by atoms with E-state index >= 15 is 0 Å². The zero-order valence-electron chi connectivity index (χ0n) is 14.2. The Labute approximate surface area is 157 Å². The number of rotatable bonds is 6. The zero-order valence-corrected chi connectivity index (χ0v) is 15.8. The average molecular weight is 396 g/mol. The van der Waals surface area contributed by atoms with Crippen LogP contribution in [0.2, 0.25) is 5.02 Å². The Balaban J connectivity index is 1.95. The largest absolute Gasteiger partial charge is 0.449 e. The Kier molecular flexibility index (Phi) is 6.39. The van der Waals surface area contributed by atoms with Crippen molar-refractivity contribution in [2.24, 2.45) is 0 Å². The molecule has 0 aliphatic carbocycles. The second-order valence-corrected chi connectivity index (χ2v) is 8.39. The fourth-order valence-electron chi connectivity index (χ4n) is 2.10. The van der Waals surface area contributed by atoms with E-state index in [9.17, 15) is 18.0 Å². The van der Waals surface area contributed by atoms with Gasteiger partial charge in [-0.2, -0.15) is 0 Å². The minimum Gasteiger partial charge on any atom is -0.449 e. The van der Waals surface area contributed by atoms with Crippen LogP contribution in [0.15, 0.2) is 48.5 Å². The molecule has 2 rings (SSSR count). The molecule has 26 heavy (non-hydrogen) atoms. The lowest BCUT2D eigenvalue weighted by Crippen LogP contribution is -2.30. The average Bonchev–Trinajstić information content (AvgIpc) is 2.56. The Morgan fingerprint density at radius 3 is 2.19 bits per heavy atom. The van der Waals surface area contributed by atoms with Crippen molar-refractivity contribution >= 4 is 39.0 Å². The number of esters is 1. The van der Waals surface area contributed by atoms with Gasteiger partial charge in [-0.05, 0) is 48.9 Å². The lowest BCUT2D eigenvalue weighted by Gasteiger charge is -2.13. The molecule has 0 radical (unpaired) electrons. The van der Waals surface area contributed by atoms with Crippen LogP contribution >= 0.6 is 11.6 Å². The minimum atomic E-state index is -3.15. The van der Waals surface area contributed by atoms with E-state index in [4.69, 9.17) is 16.3 Å². The predicted octanol–water partition coefficient (Wildman–Crippen LogP) is 3.07. The summed E-state index contributed by atoms with van der Waals surface area (Å²) in [6.45, 7) is 1.46. The zero-order chi connectivity index (χ0) is 19.3. The quantitative estimate of drug-likeness (QED) is 0.759. The smallest absolute Gasteiger partial charge is 0.338 e. The number of benzene rings is 2. The molecule has 2 aromatic carbocycles. The van der Waals surface area contributed by atoms with Crippen molar-refractivity contribution in [3.05, 3.63) is 64.7 Å². The minimum absolute atomic E-state index is 0.109. The summed E-state index contributed by atoms with van der Waals surface area (Å²) in [4.78, 5) is 24.2. The first-order valence-corrected chi connectivity index (χ1v) is 10.1. The van der Waals surface area contributed by atoms with Gasteiger partial charge in [-0.1, -0.05) is 23.7 Å². The Hall–Kier alpha value is -2.38. The number of ether oxygens (including phenoxy) is 1. The molecule has 0 aromatic heterocycles. The van der Waals surface area contributed by atoms with Crippen LogP contribution in [0.5, 0.6) is 0 Å². The normalized spacial score (nSPS) is 12.3. The molecule has 0 saturated carbocycles. The topological polar surface area (TPSA) is 89.5 Å². The Morgan fingerprint density at radius 2 is 1.65 bits per heavy atom. The summed E-state index contributed by atoms with van der Waals surface area (Å²) in [6.07, 6.45) is 0.129. The van der Waals surface area contributed by atoms with Crippen LogP contribution in [0.3, 0.4) is 0 Å². The van der Waals surface area contributed by atoms with Gasteiger partial charge in [0.15, 0.2) is 15.9 Å². The molecule has 0 saturated heterocycles. The van der Waals surface area contributed by atoms with Gasteiger partial charge in [-0.25, -0.2) is 13.2 Å². The third-order valence-electron chi connectivity index (χ3n) is 3.38. The number of hydrogen-bond donors (Lipinski definition) is 1. The SMILES string of the molecule is C[C@@H](OC(=O)c1ccc(CS(C)(=O)=O)cc1)C(=O)Nc1ccc(Cl)cc1. The van der Waals surface area contributed by atoms with Gasteiger partial charge in [0.25, 0.3) is 5.91 Å². The molecule has 2 aromatic rings. The van der Waals surface area contributed by atoms with Crippen LogP contribution in [0, 0.1) is 0 Å². The fraction of sp³-hybridized carbons (Fsp3) is 0.222. The predicted molar refractivity (Wildman–Crippen MR) is 99.9 cm³/mol. The first-order chi connectivity index (χ1) is 12.1. The summed E-state index contributed by atoms with van der Waals surface area (Å²) < 4.78 is 27.7. The van der Waals surface area contributed by atoms with Gasteiger partial charge in [0.05, 0.1) is 11.3 Å². The van der Waals surface area contributed by atoms with Gasteiger partial charge in [0.2, 0.25) is 0 Å². The number of nitrogens with one attached hydrogen (secondary N) is 1. The standard InChI is InChI=1S/C18H18ClNO5S/c1-12(17(21)20-16-9-7-15(19)8-10-16)25-18(22)14-5-3-13(4-6-14)11-26(2,23)24/h3-10,12H,11H2,1-2H3,(H,20,21)/t12-/m1/s1. The molecule has 0 aliphatic heterocycles. The number of carbonyl (C=O) groups excluding carboxylic acids is 2. The summed E-state index contributed by atoms with van der Waals surface area (Å²) in [5, 5.41) is 3.16. The van der Waals surface area contributed by atoms with E-state index in [2.05, 4.69) is 5.32 Å². The Morgan fingerprint density at radius 1 is 1.08 bits per heavy atom. The van der Waals surface area contributed by atoms with Crippen molar-refractivity contribution < 1.29 is 22.7 Å². The lowest BCUT2D eigenvalue weighted by atomic mass is 10.1. The third-order valence-corrected chi connectivity index (χ3v) is 4.49. The van der Waals surface area contributed by atoms with Crippen molar-refractivity contribution in [2.75, 3.05) is 11.6 Å². The Bertz CT molecular complexity index is 892. The van der Waals surface area contributed by atoms with E-state index in [0.29, 0.717) is 16.3 Å². The second-order valence-electron chi connectivity index (χ2n) is 5.81. The molecule has 1 N–H and O–H groups in total. The number of halogens is 1. The van der Waals surface area contributed by atoms with Gasteiger partial charge < -0.3 is 10.1 Å². The third kappa shape index (κ3) is 6.16. The first kappa shape index (κ1) is 19.9. The number of hydrogen-bond acceptors (Lipinski definition) is 5. The van der Waals surface area contributed by atoms with Crippen LogP contribution in [0.1, 0.15) is 22.8 Å². The highest BCUT2D eigenvalue weighted by Crippen LogP contribution is 2.14. The second kappa shape index (κ2) is 8.33. The molecule has 1 atom stereocenters. The molecule has 0 heterocycles. The maximum Gasteiger partial charge on any atom is 0.338 e. The van der Waals surface area contributed by atoms with Crippen molar-refractivity contribution in [2.45, 2.75) is 18.8 Å².